The first-order chi connectivity index (χ1) is 11.3. The highest BCUT2D eigenvalue weighted by Crippen LogP contribution is 2.27. The van der Waals surface area contributed by atoms with Crippen LogP contribution in [-0.2, 0) is 0 Å². The van der Waals surface area contributed by atoms with Crippen LogP contribution in [-0.4, -0.2) is 19.3 Å². The molecule has 0 aliphatic rings. The van der Waals surface area contributed by atoms with Crippen LogP contribution >= 0.6 is 11.3 Å². The average Bonchev–Trinajstić information content (AvgIpc) is 3.34. The van der Waals surface area contributed by atoms with Crippen LogP contribution in [0.3, 0.4) is 0 Å². The van der Waals surface area contributed by atoms with Gasteiger partial charge in [-0.3, -0.25) is 0 Å². The molecule has 114 valence electrons. The third-order valence-corrected chi connectivity index (χ3v) is 4.65. The van der Waals surface area contributed by atoms with Crippen LogP contribution in [0.2, 0.25) is 0 Å². The van der Waals surface area contributed by atoms with Gasteiger partial charge in [0.15, 0.2) is 0 Å². The van der Waals surface area contributed by atoms with Crippen molar-refractivity contribution in [3.63, 3.8) is 0 Å². The minimum Gasteiger partial charge on any atom is -0.324 e. The van der Waals surface area contributed by atoms with Gasteiger partial charge in [-0.15, -0.1) is 0 Å². The SMILES string of the molecule is CC(c1cnn(-c2ccccc2)c1)n1ccnc1-c1ccsc1. The van der Waals surface area contributed by atoms with E-state index < -0.39 is 0 Å². The molecule has 1 atom stereocenters. The van der Waals surface area contributed by atoms with Gasteiger partial charge in [0.2, 0.25) is 0 Å². The molecule has 1 aromatic carbocycles. The van der Waals surface area contributed by atoms with Crippen molar-refractivity contribution in [2.75, 3.05) is 0 Å². The largest absolute Gasteiger partial charge is 0.324 e. The van der Waals surface area contributed by atoms with Gasteiger partial charge in [-0.25, -0.2) is 9.67 Å². The van der Waals surface area contributed by atoms with Crippen LogP contribution in [0.4, 0.5) is 0 Å². The summed E-state index contributed by atoms with van der Waals surface area (Å²) in [4.78, 5) is 4.51. The van der Waals surface area contributed by atoms with Crippen LogP contribution in [0.25, 0.3) is 17.1 Å². The lowest BCUT2D eigenvalue weighted by atomic mass is 10.2. The van der Waals surface area contributed by atoms with E-state index in [2.05, 4.69) is 56.7 Å². The maximum Gasteiger partial charge on any atom is 0.141 e. The molecular formula is C18H16N4S. The van der Waals surface area contributed by atoms with E-state index in [1.165, 1.54) is 0 Å². The fourth-order valence-electron chi connectivity index (χ4n) is 2.68. The first-order valence-corrected chi connectivity index (χ1v) is 8.42. The van der Waals surface area contributed by atoms with Gasteiger partial charge in [0.05, 0.1) is 17.9 Å². The summed E-state index contributed by atoms with van der Waals surface area (Å²) in [7, 11) is 0. The summed E-state index contributed by atoms with van der Waals surface area (Å²) in [5, 5.41) is 8.69. The van der Waals surface area contributed by atoms with Crippen LogP contribution in [0.1, 0.15) is 18.5 Å². The second kappa shape index (κ2) is 5.85. The maximum absolute atomic E-state index is 4.51. The molecule has 4 rings (SSSR count). The van der Waals surface area contributed by atoms with Gasteiger partial charge in [-0.05, 0) is 30.5 Å². The van der Waals surface area contributed by atoms with Crippen molar-refractivity contribution in [2.45, 2.75) is 13.0 Å². The number of thiophene rings is 1. The number of rotatable bonds is 4. The molecule has 3 aromatic heterocycles. The lowest BCUT2D eigenvalue weighted by Gasteiger charge is -2.14. The molecule has 4 nitrogen and oxygen atoms in total. The molecular weight excluding hydrogens is 304 g/mol. The van der Waals surface area contributed by atoms with Gasteiger partial charge in [0.25, 0.3) is 0 Å². The van der Waals surface area contributed by atoms with Gasteiger partial charge in [0, 0.05) is 35.1 Å². The molecule has 0 amide bonds. The molecule has 23 heavy (non-hydrogen) atoms. The minimum atomic E-state index is 0.171. The highest BCUT2D eigenvalue weighted by molar-refractivity contribution is 7.08. The van der Waals surface area contributed by atoms with Crippen molar-refractivity contribution < 1.29 is 0 Å². The third kappa shape index (κ3) is 2.59. The van der Waals surface area contributed by atoms with Crippen molar-refractivity contribution in [1.29, 1.82) is 0 Å². The number of hydrogen-bond acceptors (Lipinski definition) is 3. The van der Waals surface area contributed by atoms with Gasteiger partial charge in [0.1, 0.15) is 5.82 Å². The van der Waals surface area contributed by atoms with Gasteiger partial charge in [-0.2, -0.15) is 16.4 Å². The fourth-order valence-corrected chi connectivity index (χ4v) is 3.31. The topological polar surface area (TPSA) is 35.6 Å². The van der Waals surface area contributed by atoms with E-state index in [-0.39, 0.29) is 6.04 Å². The Morgan fingerprint density at radius 2 is 2.00 bits per heavy atom. The predicted molar refractivity (Wildman–Crippen MR) is 92.9 cm³/mol. The minimum absolute atomic E-state index is 0.171. The standard InChI is InChI=1S/C18H16N4S/c1-14(21-9-8-19-18(21)15-7-10-23-13-15)16-11-20-22(12-16)17-5-3-2-4-6-17/h2-14H,1H3. The molecule has 0 aliphatic carbocycles. The molecule has 0 bridgehead atoms. The summed E-state index contributed by atoms with van der Waals surface area (Å²) in [5.41, 5.74) is 3.38. The smallest absolute Gasteiger partial charge is 0.141 e. The van der Waals surface area contributed by atoms with E-state index in [0.717, 1.165) is 22.6 Å². The Balaban J connectivity index is 1.67. The van der Waals surface area contributed by atoms with E-state index in [1.54, 1.807) is 11.3 Å². The van der Waals surface area contributed by atoms with E-state index in [4.69, 9.17) is 0 Å². The summed E-state index contributed by atoms with van der Waals surface area (Å²) in [5.74, 6) is 0.992. The Bertz CT molecular complexity index is 890. The summed E-state index contributed by atoms with van der Waals surface area (Å²) in [6.45, 7) is 2.17. The van der Waals surface area contributed by atoms with Gasteiger partial charge < -0.3 is 4.57 Å². The van der Waals surface area contributed by atoms with E-state index in [0.29, 0.717) is 0 Å². The quantitative estimate of drug-likeness (QED) is 0.558. The molecule has 1 unspecified atom stereocenters. The van der Waals surface area contributed by atoms with Crippen molar-refractivity contribution in [3.8, 4) is 17.1 Å². The van der Waals surface area contributed by atoms with Gasteiger partial charge in [-0.1, -0.05) is 18.2 Å². The van der Waals surface area contributed by atoms with Crippen LogP contribution in [0, 0.1) is 0 Å². The summed E-state index contributed by atoms with van der Waals surface area (Å²) in [6, 6.07) is 12.4. The first kappa shape index (κ1) is 14.0. The van der Waals surface area contributed by atoms with Crippen LogP contribution < -0.4 is 0 Å². The van der Waals surface area contributed by atoms with Gasteiger partial charge >= 0.3 is 0 Å². The Morgan fingerprint density at radius 1 is 1.13 bits per heavy atom. The van der Waals surface area contributed by atoms with E-state index in [9.17, 15) is 0 Å². The normalized spacial score (nSPS) is 12.4. The zero-order valence-corrected chi connectivity index (χ0v) is 13.5. The molecule has 4 aromatic rings. The summed E-state index contributed by atoms with van der Waals surface area (Å²) in [6.07, 6.45) is 7.88. The Kier molecular flexibility index (Phi) is 3.55. The van der Waals surface area contributed by atoms with Crippen molar-refractivity contribution in [1.82, 2.24) is 19.3 Å². The number of nitrogens with zero attached hydrogens (tertiary/aromatic N) is 4. The second-order valence-electron chi connectivity index (χ2n) is 5.40. The lowest BCUT2D eigenvalue weighted by Crippen LogP contribution is -2.06. The molecule has 0 fully saturated rings. The molecule has 3 heterocycles. The number of hydrogen-bond donors (Lipinski definition) is 0. The Morgan fingerprint density at radius 3 is 2.78 bits per heavy atom. The van der Waals surface area contributed by atoms with Crippen molar-refractivity contribution >= 4 is 11.3 Å². The van der Waals surface area contributed by atoms with Crippen molar-refractivity contribution in [3.05, 3.63) is 77.5 Å². The molecule has 0 saturated heterocycles. The first-order valence-electron chi connectivity index (χ1n) is 7.48. The Hall–Kier alpha value is -2.66. The number of para-hydroxylation sites is 1. The Labute approximate surface area is 138 Å². The van der Waals surface area contributed by atoms with Crippen LogP contribution in [0.5, 0.6) is 0 Å². The fraction of sp³-hybridized carbons (Fsp3) is 0.111. The molecule has 5 heteroatoms. The molecule has 0 aliphatic heterocycles. The second-order valence-corrected chi connectivity index (χ2v) is 6.18. The summed E-state index contributed by atoms with van der Waals surface area (Å²) < 4.78 is 4.10. The maximum atomic E-state index is 4.51. The van der Waals surface area contributed by atoms with E-state index in [1.807, 2.05) is 41.5 Å². The highest BCUT2D eigenvalue weighted by Gasteiger charge is 2.15. The van der Waals surface area contributed by atoms with E-state index >= 15 is 0 Å². The zero-order chi connectivity index (χ0) is 15.6. The van der Waals surface area contributed by atoms with Crippen molar-refractivity contribution in [2.24, 2.45) is 0 Å². The molecule has 0 radical (unpaired) electrons. The third-order valence-electron chi connectivity index (χ3n) is 3.97. The molecule has 0 N–H and O–H groups in total. The number of benzene rings is 1. The zero-order valence-electron chi connectivity index (χ0n) is 12.7. The monoisotopic (exact) mass is 320 g/mol. The molecule has 0 saturated carbocycles. The highest BCUT2D eigenvalue weighted by atomic mass is 32.1. The molecule has 0 spiro atoms. The average molecular weight is 320 g/mol. The number of imidazole rings is 1. The lowest BCUT2D eigenvalue weighted by molar-refractivity contribution is 0.645. The summed E-state index contributed by atoms with van der Waals surface area (Å²) >= 11 is 1.69. The predicted octanol–water partition coefficient (Wildman–Crippen LogP) is 4.41. The number of aromatic nitrogens is 4. The van der Waals surface area contributed by atoms with Crippen LogP contribution in [0.15, 0.2) is 71.9 Å².